The van der Waals surface area contributed by atoms with Crippen LogP contribution in [0.5, 0.6) is 0 Å². The van der Waals surface area contributed by atoms with E-state index in [2.05, 4.69) is 44.1 Å². The zero-order valence-corrected chi connectivity index (χ0v) is 8.65. The summed E-state index contributed by atoms with van der Waals surface area (Å²) in [6.07, 6.45) is 2.86. The molecule has 1 aromatic rings. The molecule has 1 rings (SSSR count). The van der Waals surface area contributed by atoms with Gasteiger partial charge in [-0.2, -0.15) is 0 Å². The Hall–Kier alpha value is -0.160. The number of pyridine rings is 1. The van der Waals surface area contributed by atoms with Gasteiger partial charge in [-0.05, 0) is 19.2 Å². The lowest BCUT2D eigenvalue weighted by molar-refractivity contribution is 0.605. The van der Waals surface area contributed by atoms with Gasteiger partial charge in [0.1, 0.15) is 0 Å². The Labute approximate surface area is 81.1 Å². The molecule has 0 atom stereocenters. The molecule has 2 nitrogen and oxygen atoms in total. The second kappa shape index (κ2) is 4.66. The van der Waals surface area contributed by atoms with E-state index >= 15 is 0 Å². The lowest BCUT2D eigenvalue weighted by Gasteiger charge is -2.05. The normalized spacial score (nSPS) is 10.5. The van der Waals surface area contributed by atoms with Crippen molar-refractivity contribution >= 4 is 22.9 Å². The second-order valence-electron chi connectivity index (χ2n) is 2.40. The molecule has 0 spiro atoms. The third-order valence-corrected chi connectivity index (χ3v) is 1.88. The Bertz CT molecular complexity index is 199. The molecule has 0 unspecified atom stereocenters. The standard InChI is InChI=1S/C8H11IN2/c1-11(9)7-5-8-4-2-3-6-10-8/h2-4,6H,5,7H2,1H3. The molecule has 0 bridgehead atoms. The van der Waals surface area contributed by atoms with Crippen molar-refractivity contribution in [2.45, 2.75) is 6.42 Å². The fourth-order valence-corrected chi connectivity index (χ4v) is 1.06. The van der Waals surface area contributed by atoms with E-state index in [0.29, 0.717) is 0 Å². The van der Waals surface area contributed by atoms with E-state index in [1.54, 1.807) is 0 Å². The minimum atomic E-state index is 1.03. The van der Waals surface area contributed by atoms with Crippen molar-refractivity contribution in [3.8, 4) is 0 Å². The second-order valence-corrected chi connectivity index (χ2v) is 4.05. The van der Waals surface area contributed by atoms with Crippen LogP contribution in [0.1, 0.15) is 5.69 Å². The van der Waals surface area contributed by atoms with E-state index < -0.39 is 0 Å². The first-order valence-electron chi connectivity index (χ1n) is 3.56. The minimum Gasteiger partial charge on any atom is -0.261 e. The van der Waals surface area contributed by atoms with E-state index in [0.717, 1.165) is 18.7 Å². The quantitative estimate of drug-likeness (QED) is 0.611. The molecule has 0 aliphatic heterocycles. The van der Waals surface area contributed by atoms with Gasteiger partial charge >= 0.3 is 0 Å². The zero-order chi connectivity index (χ0) is 8.10. The molecule has 0 fully saturated rings. The van der Waals surface area contributed by atoms with Gasteiger partial charge in [-0.15, -0.1) is 0 Å². The molecular weight excluding hydrogens is 251 g/mol. The number of aromatic nitrogens is 1. The highest BCUT2D eigenvalue weighted by Gasteiger charge is 1.94. The predicted octanol–water partition coefficient (Wildman–Crippen LogP) is 1.91. The molecule has 0 saturated heterocycles. The smallest absolute Gasteiger partial charge is 0.0416 e. The fraction of sp³-hybridized carbons (Fsp3) is 0.375. The number of nitrogens with zero attached hydrogens (tertiary/aromatic N) is 2. The Morgan fingerprint density at radius 1 is 1.55 bits per heavy atom. The van der Waals surface area contributed by atoms with Crippen molar-refractivity contribution in [3.05, 3.63) is 30.1 Å². The topological polar surface area (TPSA) is 16.1 Å². The maximum absolute atomic E-state index is 4.22. The van der Waals surface area contributed by atoms with Crippen molar-refractivity contribution in [2.75, 3.05) is 13.6 Å². The Kier molecular flexibility index (Phi) is 3.79. The third-order valence-electron chi connectivity index (χ3n) is 1.40. The Balaban J connectivity index is 2.39. The molecule has 60 valence electrons. The van der Waals surface area contributed by atoms with Gasteiger partial charge in [-0.1, -0.05) is 6.07 Å². The summed E-state index contributed by atoms with van der Waals surface area (Å²) in [5, 5.41) is 0. The van der Waals surface area contributed by atoms with Crippen LogP contribution in [-0.2, 0) is 6.42 Å². The van der Waals surface area contributed by atoms with Gasteiger partial charge in [0.25, 0.3) is 0 Å². The van der Waals surface area contributed by atoms with E-state index in [9.17, 15) is 0 Å². The number of halogens is 1. The molecule has 1 heterocycles. The van der Waals surface area contributed by atoms with Gasteiger partial charge in [-0.25, -0.2) is 0 Å². The number of hydrogen-bond acceptors (Lipinski definition) is 2. The summed E-state index contributed by atoms with van der Waals surface area (Å²) >= 11 is 2.27. The van der Waals surface area contributed by atoms with Crippen LogP contribution in [0.2, 0.25) is 0 Å². The highest BCUT2D eigenvalue weighted by Crippen LogP contribution is 1.98. The highest BCUT2D eigenvalue weighted by molar-refractivity contribution is 14.1. The van der Waals surface area contributed by atoms with Crippen LogP contribution in [0.4, 0.5) is 0 Å². The van der Waals surface area contributed by atoms with E-state index in [1.165, 1.54) is 0 Å². The first-order chi connectivity index (χ1) is 5.29. The fourth-order valence-electron chi connectivity index (χ4n) is 0.815. The molecular formula is C8H11IN2. The summed E-state index contributed by atoms with van der Waals surface area (Å²) in [4.78, 5) is 4.22. The van der Waals surface area contributed by atoms with Gasteiger partial charge in [-0.3, -0.25) is 8.10 Å². The van der Waals surface area contributed by atoms with Gasteiger partial charge < -0.3 is 0 Å². The lowest BCUT2D eigenvalue weighted by atomic mass is 10.3. The molecule has 0 saturated carbocycles. The number of hydrogen-bond donors (Lipinski definition) is 0. The molecule has 0 aliphatic rings. The van der Waals surface area contributed by atoms with Gasteiger partial charge in [0.2, 0.25) is 0 Å². The van der Waals surface area contributed by atoms with Gasteiger partial charge in [0.05, 0.1) is 0 Å². The summed E-state index contributed by atoms with van der Waals surface area (Å²) in [6.45, 7) is 1.05. The number of rotatable bonds is 3. The molecule has 0 aliphatic carbocycles. The van der Waals surface area contributed by atoms with Crippen LogP contribution >= 0.6 is 22.9 Å². The largest absolute Gasteiger partial charge is 0.261 e. The van der Waals surface area contributed by atoms with Crippen LogP contribution in [0.15, 0.2) is 24.4 Å². The summed E-state index contributed by atoms with van der Waals surface area (Å²) < 4.78 is 2.13. The predicted molar refractivity (Wildman–Crippen MR) is 54.6 cm³/mol. The molecule has 3 heteroatoms. The van der Waals surface area contributed by atoms with Crippen LogP contribution in [0.25, 0.3) is 0 Å². The monoisotopic (exact) mass is 262 g/mol. The van der Waals surface area contributed by atoms with Gasteiger partial charge in [0.15, 0.2) is 0 Å². The van der Waals surface area contributed by atoms with Crippen LogP contribution in [0, 0.1) is 0 Å². The lowest BCUT2D eigenvalue weighted by Crippen LogP contribution is -2.08. The number of likely N-dealkylation sites (N-methyl/N-ethyl adjacent to an activating group) is 1. The first kappa shape index (κ1) is 8.93. The molecule has 0 aromatic carbocycles. The first-order valence-corrected chi connectivity index (χ1v) is 4.52. The average molecular weight is 262 g/mol. The zero-order valence-electron chi connectivity index (χ0n) is 6.50. The van der Waals surface area contributed by atoms with Gasteiger partial charge in [0, 0.05) is 47.7 Å². The van der Waals surface area contributed by atoms with Crippen molar-refractivity contribution in [3.63, 3.8) is 0 Å². The van der Waals surface area contributed by atoms with Crippen LogP contribution in [0.3, 0.4) is 0 Å². The maximum Gasteiger partial charge on any atom is 0.0416 e. The Morgan fingerprint density at radius 2 is 2.36 bits per heavy atom. The SMILES string of the molecule is CN(I)CCc1ccccn1. The van der Waals surface area contributed by atoms with Crippen molar-refractivity contribution in [1.82, 2.24) is 8.10 Å². The molecule has 0 radical (unpaired) electrons. The van der Waals surface area contributed by atoms with E-state index in [-0.39, 0.29) is 0 Å². The van der Waals surface area contributed by atoms with Crippen molar-refractivity contribution < 1.29 is 0 Å². The molecule has 11 heavy (non-hydrogen) atoms. The third kappa shape index (κ3) is 3.67. The van der Waals surface area contributed by atoms with E-state index in [1.807, 2.05) is 18.3 Å². The molecule has 0 amide bonds. The maximum atomic E-state index is 4.22. The average Bonchev–Trinajstić information content (AvgIpc) is 2.03. The van der Waals surface area contributed by atoms with Crippen LogP contribution < -0.4 is 0 Å². The molecule has 0 N–H and O–H groups in total. The van der Waals surface area contributed by atoms with Crippen molar-refractivity contribution in [1.29, 1.82) is 0 Å². The van der Waals surface area contributed by atoms with E-state index in [4.69, 9.17) is 0 Å². The summed E-state index contributed by atoms with van der Waals surface area (Å²) in [5.41, 5.74) is 1.16. The molecule has 1 aromatic heterocycles. The highest BCUT2D eigenvalue weighted by atomic mass is 127. The summed E-state index contributed by atoms with van der Waals surface area (Å²) in [5.74, 6) is 0. The minimum absolute atomic E-state index is 1.03. The summed E-state index contributed by atoms with van der Waals surface area (Å²) in [6, 6.07) is 6.02. The van der Waals surface area contributed by atoms with Crippen molar-refractivity contribution in [2.24, 2.45) is 0 Å². The summed E-state index contributed by atoms with van der Waals surface area (Å²) in [7, 11) is 2.06. The Morgan fingerprint density at radius 3 is 2.91 bits per heavy atom. The van der Waals surface area contributed by atoms with Crippen LogP contribution in [-0.4, -0.2) is 21.7 Å².